The second kappa shape index (κ2) is 11.3. The quantitative estimate of drug-likeness (QED) is 0.446. The van der Waals surface area contributed by atoms with Crippen molar-refractivity contribution in [3.63, 3.8) is 0 Å². The molecule has 2 aliphatic heterocycles. The number of fused-ring (bicyclic) bond motifs is 1. The van der Waals surface area contributed by atoms with Crippen LogP contribution in [0.25, 0.3) is 22.6 Å². The van der Waals surface area contributed by atoms with E-state index in [2.05, 4.69) is 45.1 Å². The number of nitrogens with two attached hydrogens (primary N) is 1. The van der Waals surface area contributed by atoms with E-state index in [-0.39, 0.29) is 24.3 Å². The Hall–Kier alpha value is -3.58. The minimum Gasteiger partial charge on any atom is -0.393 e. The zero-order valence-corrected chi connectivity index (χ0v) is 23.1. The summed E-state index contributed by atoms with van der Waals surface area (Å²) in [6.07, 6.45) is 2.78. The molecule has 3 aromatic heterocycles. The lowest BCUT2D eigenvalue weighted by molar-refractivity contribution is -0.133. The van der Waals surface area contributed by atoms with E-state index in [0.717, 1.165) is 29.5 Å². The minimum absolute atomic E-state index is 0.0230. The number of nitrogens with zero attached hydrogens (tertiary/aromatic N) is 9. The number of hydrogen-bond acceptors (Lipinski definition) is 11. The van der Waals surface area contributed by atoms with Crippen molar-refractivity contribution in [2.45, 2.75) is 52.8 Å². The number of aliphatic hydroxyl groups is 1. The van der Waals surface area contributed by atoms with Gasteiger partial charge in [0.25, 0.3) is 0 Å². The molecule has 1 amide bonds. The molecular formula is C26H38N10O3. The topological polar surface area (TPSA) is 152 Å². The van der Waals surface area contributed by atoms with Crippen LogP contribution in [-0.2, 0) is 16.1 Å². The van der Waals surface area contributed by atoms with E-state index >= 15 is 0 Å². The number of piperazine rings is 1. The lowest BCUT2D eigenvalue weighted by atomic mass is 10.2. The van der Waals surface area contributed by atoms with E-state index in [0.29, 0.717) is 63.2 Å². The smallest absolute Gasteiger partial charge is 0.225 e. The standard InChI is InChI=1S/C26H38N10O3/c1-16(2)14-36-24-21(30-26(36)34-7-5-33(6-8-34)20(38)11-18(4)37)23(35-9-10-39-15-17(35)3)31-22(32-24)19-12-28-25(27)29-13-19/h12-13,16-18,37H,5-11,14-15H2,1-4H3,(H2,27,28,29)/t17-,18-/m0/s1. The normalized spacial score (nSPS) is 19.2. The molecule has 0 bridgehead atoms. The Morgan fingerprint density at radius 2 is 1.82 bits per heavy atom. The van der Waals surface area contributed by atoms with E-state index in [4.69, 9.17) is 25.4 Å². The fraction of sp³-hybridized carbons (Fsp3) is 0.615. The van der Waals surface area contributed by atoms with Crippen molar-refractivity contribution in [2.75, 3.05) is 61.5 Å². The van der Waals surface area contributed by atoms with Gasteiger partial charge in [-0.15, -0.1) is 0 Å². The van der Waals surface area contributed by atoms with Crippen molar-refractivity contribution >= 4 is 34.8 Å². The van der Waals surface area contributed by atoms with Crippen LogP contribution in [0.5, 0.6) is 0 Å². The molecule has 0 aliphatic carbocycles. The zero-order valence-electron chi connectivity index (χ0n) is 23.1. The molecule has 2 aliphatic rings. The number of anilines is 3. The molecule has 0 saturated carbocycles. The van der Waals surface area contributed by atoms with Gasteiger partial charge in [-0.05, 0) is 19.8 Å². The molecule has 3 aromatic rings. The summed E-state index contributed by atoms with van der Waals surface area (Å²) >= 11 is 0. The number of carbonyl (C=O) groups is 1. The molecule has 0 unspecified atom stereocenters. The summed E-state index contributed by atoms with van der Waals surface area (Å²) in [5.74, 6) is 2.62. The molecule has 5 rings (SSSR count). The van der Waals surface area contributed by atoms with Gasteiger partial charge in [-0.3, -0.25) is 9.36 Å². The predicted octanol–water partition coefficient (Wildman–Crippen LogP) is 1.17. The zero-order chi connectivity index (χ0) is 27.7. The highest BCUT2D eigenvalue weighted by Crippen LogP contribution is 2.33. The third-order valence-corrected chi connectivity index (χ3v) is 7.06. The van der Waals surface area contributed by atoms with Gasteiger partial charge in [0.15, 0.2) is 22.8 Å². The van der Waals surface area contributed by atoms with E-state index in [1.54, 1.807) is 19.3 Å². The van der Waals surface area contributed by atoms with Gasteiger partial charge in [0.1, 0.15) is 0 Å². The second-order valence-corrected chi connectivity index (χ2v) is 10.8. The van der Waals surface area contributed by atoms with Crippen LogP contribution in [0.2, 0.25) is 0 Å². The van der Waals surface area contributed by atoms with Crippen LogP contribution >= 0.6 is 0 Å². The molecule has 3 N–H and O–H groups in total. The van der Waals surface area contributed by atoms with Gasteiger partial charge < -0.3 is 30.3 Å². The fourth-order valence-electron chi connectivity index (χ4n) is 5.11. The molecular weight excluding hydrogens is 500 g/mol. The maximum absolute atomic E-state index is 12.5. The second-order valence-electron chi connectivity index (χ2n) is 10.8. The van der Waals surface area contributed by atoms with Gasteiger partial charge in [0.05, 0.1) is 37.3 Å². The summed E-state index contributed by atoms with van der Waals surface area (Å²) in [7, 11) is 0. The van der Waals surface area contributed by atoms with Crippen molar-refractivity contribution in [1.82, 2.24) is 34.4 Å². The van der Waals surface area contributed by atoms with Crippen molar-refractivity contribution in [1.29, 1.82) is 0 Å². The highest BCUT2D eigenvalue weighted by atomic mass is 16.5. The number of carbonyl (C=O) groups excluding carboxylic acids is 1. The number of imidazole rings is 1. The van der Waals surface area contributed by atoms with Crippen LogP contribution in [-0.4, -0.2) is 103 Å². The van der Waals surface area contributed by atoms with Crippen molar-refractivity contribution in [3.05, 3.63) is 12.4 Å². The Balaban J connectivity index is 1.59. The molecule has 5 heterocycles. The largest absolute Gasteiger partial charge is 0.393 e. The summed E-state index contributed by atoms with van der Waals surface area (Å²) in [5, 5.41) is 9.64. The van der Waals surface area contributed by atoms with Gasteiger partial charge in [0.2, 0.25) is 17.8 Å². The summed E-state index contributed by atoms with van der Waals surface area (Å²) in [6.45, 7) is 13.2. The summed E-state index contributed by atoms with van der Waals surface area (Å²) in [6, 6.07) is 0.120. The number of aliphatic hydroxyl groups excluding tert-OH is 1. The number of ether oxygens (including phenoxy) is 1. The van der Waals surface area contributed by atoms with E-state index < -0.39 is 6.10 Å². The van der Waals surface area contributed by atoms with Gasteiger partial charge in [-0.1, -0.05) is 13.8 Å². The maximum Gasteiger partial charge on any atom is 0.225 e. The maximum atomic E-state index is 12.5. The Bertz CT molecular complexity index is 1300. The lowest BCUT2D eigenvalue weighted by Crippen LogP contribution is -2.50. The molecule has 13 nitrogen and oxygen atoms in total. The summed E-state index contributed by atoms with van der Waals surface area (Å²) in [4.78, 5) is 42.2. The van der Waals surface area contributed by atoms with Gasteiger partial charge in [-0.25, -0.2) is 24.9 Å². The highest BCUT2D eigenvalue weighted by Gasteiger charge is 2.30. The van der Waals surface area contributed by atoms with Crippen LogP contribution in [0.3, 0.4) is 0 Å². The van der Waals surface area contributed by atoms with Crippen molar-refractivity contribution in [3.8, 4) is 11.4 Å². The minimum atomic E-state index is -0.647. The number of nitrogen functional groups attached to an aromatic ring is 1. The first kappa shape index (κ1) is 27.0. The Kier molecular flexibility index (Phi) is 7.80. The third kappa shape index (κ3) is 5.74. The van der Waals surface area contributed by atoms with Gasteiger partial charge in [0, 0.05) is 51.7 Å². The number of hydrogen-bond donors (Lipinski definition) is 2. The Labute approximate surface area is 228 Å². The monoisotopic (exact) mass is 538 g/mol. The SMILES string of the molecule is CC(C)Cn1c(N2CCN(C(=O)C[C@H](C)O)CC2)nc2c(N3CCOC[C@@H]3C)nc(-c3cnc(N)nc3)nc21. The van der Waals surface area contributed by atoms with Gasteiger partial charge >= 0.3 is 0 Å². The number of morpholine rings is 1. The Morgan fingerprint density at radius 3 is 2.46 bits per heavy atom. The molecule has 210 valence electrons. The number of rotatable bonds is 7. The molecule has 39 heavy (non-hydrogen) atoms. The molecule has 0 spiro atoms. The highest BCUT2D eigenvalue weighted by molar-refractivity contribution is 5.88. The van der Waals surface area contributed by atoms with Crippen LogP contribution in [0, 0.1) is 5.92 Å². The number of aromatic nitrogens is 6. The first-order valence-electron chi connectivity index (χ1n) is 13.6. The van der Waals surface area contributed by atoms with Gasteiger partial charge in [-0.2, -0.15) is 0 Å². The molecule has 0 radical (unpaired) electrons. The Morgan fingerprint density at radius 1 is 1.10 bits per heavy atom. The van der Waals surface area contributed by atoms with E-state index in [1.807, 2.05) is 4.90 Å². The van der Waals surface area contributed by atoms with Crippen LogP contribution in [0.1, 0.15) is 34.1 Å². The van der Waals surface area contributed by atoms with Crippen molar-refractivity contribution in [2.24, 2.45) is 5.92 Å². The van der Waals surface area contributed by atoms with Crippen LogP contribution in [0.4, 0.5) is 17.7 Å². The molecule has 2 atom stereocenters. The lowest BCUT2D eigenvalue weighted by Gasteiger charge is -2.35. The molecule has 2 saturated heterocycles. The van der Waals surface area contributed by atoms with Crippen molar-refractivity contribution < 1.29 is 14.6 Å². The number of amides is 1. The third-order valence-electron chi connectivity index (χ3n) is 7.06. The molecule has 13 heteroatoms. The summed E-state index contributed by atoms with van der Waals surface area (Å²) < 4.78 is 7.87. The first-order valence-corrected chi connectivity index (χ1v) is 13.6. The average Bonchev–Trinajstić information content (AvgIpc) is 3.26. The van der Waals surface area contributed by atoms with E-state index in [1.165, 1.54) is 0 Å². The summed E-state index contributed by atoms with van der Waals surface area (Å²) in [5.41, 5.74) is 7.91. The van der Waals surface area contributed by atoms with Crippen LogP contribution in [0.15, 0.2) is 12.4 Å². The first-order chi connectivity index (χ1) is 18.7. The van der Waals surface area contributed by atoms with Crippen LogP contribution < -0.4 is 15.5 Å². The fourth-order valence-corrected chi connectivity index (χ4v) is 5.11. The predicted molar refractivity (Wildman–Crippen MR) is 148 cm³/mol. The van der Waals surface area contributed by atoms with E-state index in [9.17, 15) is 9.90 Å². The molecule has 0 aromatic carbocycles. The average molecular weight is 539 g/mol. The molecule has 2 fully saturated rings.